The Labute approximate surface area is 125 Å². The van der Waals surface area contributed by atoms with Gasteiger partial charge in [0.15, 0.2) is 0 Å². The number of hydrogen-bond donors (Lipinski definition) is 2. The Morgan fingerprint density at radius 3 is 1.95 bits per heavy atom. The molecule has 0 spiro atoms. The predicted octanol–water partition coefficient (Wildman–Crippen LogP) is 3.27. The Kier molecular flexibility index (Phi) is 5.98. The fraction of sp³-hybridized carbons (Fsp3) is 0.278. The van der Waals surface area contributed by atoms with Crippen molar-refractivity contribution in [2.75, 3.05) is 13.1 Å². The number of rotatable bonds is 8. The van der Waals surface area contributed by atoms with Gasteiger partial charge in [0.05, 0.1) is 0 Å². The van der Waals surface area contributed by atoms with Crippen molar-refractivity contribution in [3.8, 4) is 0 Å². The first-order valence-electron chi connectivity index (χ1n) is 7.30. The summed E-state index contributed by atoms with van der Waals surface area (Å²) >= 11 is 0. The molecule has 0 fully saturated rings. The van der Waals surface area contributed by atoms with Crippen molar-refractivity contribution in [1.29, 1.82) is 0 Å². The van der Waals surface area contributed by atoms with Crippen LogP contribution >= 0.6 is 0 Å². The molecule has 0 aliphatic rings. The van der Waals surface area contributed by atoms with Crippen molar-refractivity contribution in [2.45, 2.75) is 18.8 Å². The van der Waals surface area contributed by atoms with Crippen LogP contribution in [0.3, 0.4) is 0 Å². The minimum absolute atomic E-state index is 0.217. The molecule has 2 aromatic rings. The Hall–Kier alpha value is -2.13. The molecule has 2 rings (SSSR count). The molecule has 0 saturated heterocycles. The average Bonchev–Trinajstić information content (AvgIpc) is 2.52. The summed E-state index contributed by atoms with van der Waals surface area (Å²) in [7, 11) is 0. The van der Waals surface area contributed by atoms with Crippen molar-refractivity contribution >= 4 is 5.97 Å². The highest BCUT2D eigenvalue weighted by Crippen LogP contribution is 2.23. The third-order valence-electron chi connectivity index (χ3n) is 3.50. The molecule has 0 atom stereocenters. The maximum Gasteiger partial charge on any atom is 0.303 e. The molecule has 110 valence electrons. The molecule has 0 bridgehead atoms. The van der Waals surface area contributed by atoms with E-state index in [0.717, 1.165) is 13.1 Å². The molecule has 0 amide bonds. The Bertz CT molecular complexity index is 500. The van der Waals surface area contributed by atoms with Crippen molar-refractivity contribution in [1.82, 2.24) is 5.32 Å². The fourth-order valence-electron chi connectivity index (χ4n) is 2.41. The number of carboxylic acid groups (broad SMARTS) is 1. The van der Waals surface area contributed by atoms with Gasteiger partial charge >= 0.3 is 5.97 Å². The van der Waals surface area contributed by atoms with Crippen LogP contribution in [0.5, 0.6) is 0 Å². The van der Waals surface area contributed by atoms with Crippen LogP contribution in [0.25, 0.3) is 0 Å². The summed E-state index contributed by atoms with van der Waals surface area (Å²) < 4.78 is 0. The average molecular weight is 283 g/mol. The van der Waals surface area contributed by atoms with Crippen LogP contribution in [-0.2, 0) is 4.79 Å². The van der Waals surface area contributed by atoms with E-state index in [-0.39, 0.29) is 12.3 Å². The fourth-order valence-corrected chi connectivity index (χ4v) is 2.41. The van der Waals surface area contributed by atoms with Gasteiger partial charge in [-0.3, -0.25) is 4.79 Å². The lowest BCUT2D eigenvalue weighted by molar-refractivity contribution is -0.137. The molecule has 2 aromatic carbocycles. The molecule has 0 heterocycles. The monoisotopic (exact) mass is 283 g/mol. The van der Waals surface area contributed by atoms with Gasteiger partial charge in [-0.25, -0.2) is 0 Å². The summed E-state index contributed by atoms with van der Waals surface area (Å²) in [6.45, 7) is 1.54. The van der Waals surface area contributed by atoms with Gasteiger partial charge in [-0.2, -0.15) is 0 Å². The largest absolute Gasteiger partial charge is 0.481 e. The molecule has 2 N–H and O–H groups in total. The first kappa shape index (κ1) is 15.3. The number of aliphatic carboxylic acids is 1. The van der Waals surface area contributed by atoms with Gasteiger partial charge in [0, 0.05) is 18.9 Å². The second kappa shape index (κ2) is 8.22. The van der Waals surface area contributed by atoms with Gasteiger partial charge < -0.3 is 10.4 Å². The molecule has 0 radical (unpaired) electrons. The molecule has 0 aromatic heterocycles. The molecule has 0 aliphatic heterocycles. The van der Waals surface area contributed by atoms with E-state index < -0.39 is 5.97 Å². The van der Waals surface area contributed by atoms with Crippen molar-refractivity contribution < 1.29 is 9.90 Å². The number of hydrogen-bond acceptors (Lipinski definition) is 2. The highest BCUT2D eigenvalue weighted by molar-refractivity contribution is 5.66. The third kappa shape index (κ3) is 5.04. The zero-order valence-electron chi connectivity index (χ0n) is 12.0. The van der Waals surface area contributed by atoms with E-state index in [1.807, 2.05) is 12.1 Å². The van der Waals surface area contributed by atoms with Gasteiger partial charge in [-0.15, -0.1) is 0 Å². The maximum atomic E-state index is 10.5. The van der Waals surface area contributed by atoms with E-state index in [1.165, 1.54) is 11.1 Å². The van der Waals surface area contributed by atoms with Crippen LogP contribution < -0.4 is 5.32 Å². The van der Waals surface area contributed by atoms with Crippen LogP contribution in [0.4, 0.5) is 0 Å². The SMILES string of the molecule is O=C(O)CCCNCC(c1ccccc1)c1ccccc1. The van der Waals surface area contributed by atoms with Gasteiger partial charge in [0.2, 0.25) is 0 Å². The molecule has 0 unspecified atom stereocenters. The standard InChI is InChI=1S/C18H21NO2/c20-18(21)12-7-13-19-14-17(15-8-3-1-4-9-15)16-10-5-2-6-11-16/h1-6,8-11,17,19H,7,12-14H2,(H,20,21). The number of benzene rings is 2. The Balaban J connectivity index is 1.99. The van der Waals surface area contributed by atoms with Crippen LogP contribution in [0.2, 0.25) is 0 Å². The summed E-state index contributed by atoms with van der Waals surface area (Å²) in [6.07, 6.45) is 0.875. The third-order valence-corrected chi connectivity index (χ3v) is 3.50. The summed E-state index contributed by atoms with van der Waals surface area (Å²) in [4.78, 5) is 10.5. The van der Waals surface area contributed by atoms with E-state index in [4.69, 9.17) is 5.11 Å². The summed E-state index contributed by atoms with van der Waals surface area (Å²) in [5.74, 6) is -0.448. The van der Waals surface area contributed by atoms with Crippen LogP contribution in [-0.4, -0.2) is 24.2 Å². The van der Waals surface area contributed by atoms with Crippen molar-refractivity contribution in [3.63, 3.8) is 0 Å². The van der Waals surface area contributed by atoms with Gasteiger partial charge in [0.25, 0.3) is 0 Å². The Morgan fingerprint density at radius 2 is 1.48 bits per heavy atom. The van der Waals surface area contributed by atoms with Gasteiger partial charge in [-0.05, 0) is 24.1 Å². The smallest absolute Gasteiger partial charge is 0.303 e. The lowest BCUT2D eigenvalue weighted by Crippen LogP contribution is -2.23. The number of carboxylic acids is 1. The zero-order valence-corrected chi connectivity index (χ0v) is 12.0. The van der Waals surface area contributed by atoms with Crippen molar-refractivity contribution in [3.05, 3.63) is 71.8 Å². The number of nitrogens with one attached hydrogen (secondary N) is 1. The van der Waals surface area contributed by atoms with E-state index in [9.17, 15) is 4.79 Å². The second-order valence-electron chi connectivity index (χ2n) is 5.08. The molecular weight excluding hydrogens is 262 g/mol. The van der Waals surface area contributed by atoms with Gasteiger partial charge in [-0.1, -0.05) is 60.7 Å². The first-order chi connectivity index (χ1) is 10.3. The highest BCUT2D eigenvalue weighted by atomic mass is 16.4. The molecule has 3 nitrogen and oxygen atoms in total. The van der Waals surface area contributed by atoms with Crippen LogP contribution in [0.15, 0.2) is 60.7 Å². The predicted molar refractivity (Wildman–Crippen MR) is 84.5 cm³/mol. The maximum absolute atomic E-state index is 10.5. The molecule has 21 heavy (non-hydrogen) atoms. The molecule has 3 heteroatoms. The molecular formula is C18H21NO2. The second-order valence-corrected chi connectivity index (χ2v) is 5.08. The minimum atomic E-state index is -0.737. The highest BCUT2D eigenvalue weighted by Gasteiger charge is 2.13. The first-order valence-corrected chi connectivity index (χ1v) is 7.30. The normalized spacial score (nSPS) is 10.7. The van der Waals surface area contributed by atoms with Crippen LogP contribution in [0, 0.1) is 0 Å². The van der Waals surface area contributed by atoms with E-state index in [0.29, 0.717) is 6.42 Å². The van der Waals surface area contributed by atoms with Crippen molar-refractivity contribution in [2.24, 2.45) is 0 Å². The topological polar surface area (TPSA) is 49.3 Å². The van der Waals surface area contributed by atoms with Crippen LogP contribution in [0.1, 0.15) is 29.9 Å². The lowest BCUT2D eigenvalue weighted by Gasteiger charge is -2.18. The van der Waals surface area contributed by atoms with E-state index >= 15 is 0 Å². The lowest BCUT2D eigenvalue weighted by atomic mass is 9.91. The summed E-state index contributed by atoms with van der Waals surface area (Å²) in [5.41, 5.74) is 2.55. The molecule has 0 aliphatic carbocycles. The Morgan fingerprint density at radius 1 is 0.952 bits per heavy atom. The minimum Gasteiger partial charge on any atom is -0.481 e. The zero-order chi connectivity index (χ0) is 14.9. The summed E-state index contributed by atoms with van der Waals surface area (Å²) in [5, 5.41) is 12.0. The quantitative estimate of drug-likeness (QED) is 0.731. The summed E-state index contributed by atoms with van der Waals surface area (Å²) in [6, 6.07) is 20.8. The van der Waals surface area contributed by atoms with E-state index in [1.54, 1.807) is 0 Å². The van der Waals surface area contributed by atoms with Gasteiger partial charge in [0.1, 0.15) is 0 Å². The number of carbonyl (C=O) groups is 1. The van der Waals surface area contributed by atoms with E-state index in [2.05, 4.69) is 53.8 Å². The molecule has 0 saturated carbocycles.